The number of methoxy groups -OCH3 is 1. The maximum absolute atomic E-state index is 12.5. The Morgan fingerprint density at radius 1 is 1.36 bits per heavy atom. The molecule has 0 radical (unpaired) electrons. The Kier molecular flexibility index (Phi) is 5.08. The summed E-state index contributed by atoms with van der Waals surface area (Å²) in [5.41, 5.74) is 1.49. The molecule has 0 aromatic heterocycles. The van der Waals surface area contributed by atoms with E-state index < -0.39 is 21.8 Å². The maximum Gasteiger partial charge on any atom is 0.267 e. The zero-order chi connectivity index (χ0) is 16.3. The van der Waals surface area contributed by atoms with Crippen LogP contribution in [0.15, 0.2) is 17.0 Å². The summed E-state index contributed by atoms with van der Waals surface area (Å²) in [7, 11) is -2.57. The van der Waals surface area contributed by atoms with E-state index in [4.69, 9.17) is 9.47 Å². The Labute approximate surface area is 130 Å². The fraction of sp³-hybridized carbons (Fsp3) is 0.533. The molecular formula is C15H21NO5S. The smallest absolute Gasteiger partial charge is 0.267 e. The first kappa shape index (κ1) is 16.8. The van der Waals surface area contributed by atoms with E-state index in [0.717, 1.165) is 12.0 Å². The highest BCUT2D eigenvalue weighted by molar-refractivity contribution is 7.90. The third-order valence-electron chi connectivity index (χ3n) is 3.64. The lowest BCUT2D eigenvalue weighted by molar-refractivity contribution is -0.127. The quantitative estimate of drug-likeness (QED) is 0.907. The van der Waals surface area contributed by atoms with Crippen LogP contribution < -0.4 is 9.46 Å². The average Bonchev–Trinajstić information content (AvgIpc) is 2.47. The Bertz CT molecular complexity index is 663. The highest BCUT2D eigenvalue weighted by Crippen LogP contribution is 2.29. The summed E-state index contributed by atoms with van der Waals surface area (Å²) in [4.78, 5) is 12.1. The number of amides is 1. The summed E-state index contributed by atoms with van der Waals surface area (Å²) in [5.74, 6) is -0.702. The second kappa shape index (κ2) is 6.66. The number of carbonyl (C=O) groups excluding carboxylic acids is 1. The Morgan fingerprint density at radius 3 is 2.68 bits per heavy atom. The Balaban J connectivity index is 2.28. The summed E-state index contributed by atoms with van der Waals surface area (Å²) in [5, 5.41) is 0. The molecular weight excluding hydrogens is 306 g/mol. The van der Waals surface area contributed by atoms with Crippen LogP contribution in [0.4, 0.5) is 0 Å². The van der Waals surface area contributed by atoms with Crippen LogP contribution in [0, 0.1) is 19.8 Å². The van der Waals surface area contributed by atoms with Crippen LogP contribution in [-0.4, -0.2) is 34.6 Å². The molecule has 1 heterocycles. The number of benzene rings is 1. The van der Waals surface area contributed by atoms with Crippen molar-refractivity contribution in [3.8, 4) is 5.75 Å². The number of nitrogens with one attached hydrogen (secondary N) is 1. The van der Waals surface area contributed by atoms with Crippen molar-refractivity contribution in [2.75, 3.05) is 20.3 Å². The Hall–Kier alpha value is -1.60. The number of ether oxygens (including phenoxy) is 2. The zero-order valence-electron chi connectivity index (χ0n) is 13.0. The summed E-state index contributed by atoms with van der Waals surface area (Å²) < 4.78 is 37.6. The van der Waals surface area contributed by atoms with Crippen molar-refractivity contribution in [3.05, 3.63) is 23.3 Å². The van der Waals surface area contributed by atoms with Crippen LogP contribution in [0.5, 0.6) is 5.75 Å². The third kappa shape index (κ3) is 3.59. The topological polar surface area (TPSA) is 81.7 Å². The van der Waals surface area contributed by atoms with Gasteiger partial charge in [-0.3, -0.25) is 4.79 Å². The van der Waals surface area contributed by atoms with Crippen molar-refractivity contribution >= 4 is 15.9 Å². The first-order chi connectivity index (χ1) is 10.3. The molecule has 0 aliphatic carbocycles. The molecule has 1 N–H and O–H groups in total. The largest absolute Gasteiger partial charge is 0.495 e. The second-order valence-corrected chi connectivity index (χ2v) is 7.15. The summed E-state index contributed by atoms with van der Waals surface area (Å²) in [6.45, 7) is 4.43. The molecule has 1 aliphatic heterocycles. The van der Waals surface area contributed by atoms with E-state index in [1.807, 2.05) is 6.07 Å². The third-order valence-corrected chi connectivity index (χ3v) is 5.00. The monoisotopic (exact) mass is 327 g/mol. The highest BCUT2D eigenvalue weighted by Gasteiger charge is 2.28. The molecule has 1 fully saturated rings. The number of carbonyl (C=O) groups is 1. The molecule has 122 valence electrons. The number of hydrogen-bond donors (Lipinski definition) is 1. The van der Waals surface area contributed by atoms with Crippen molar-refractivity contribution in [1.82, 2.24) is 4.72 Å². The van der Waals surface area contributed by atoms with E-state index in [0.29, 0.717) is 18.6 Å². The van der Waals surface area contributed by atoms with Crippen molar-refractivity contribution in [2.24, 2.45) is 5.92 Å². The Morgan fingerprint density at radius 2 is 2.09 bits per heavy atom. The summed E-state index contributed by atoms with van der Waals surface area (Å²) in [6, 6.07) is 3.33. The van der Waals surface area contributed by atoms with Crippen molar-refractivity contribution in [2.45, 2.75) is 31.6 Å². The number of sulfonamides is 1. The number of rotatable bonds is 4. The van der Waals surface area contributed by atoms with Crippen molar-refractivity contribution in [3.63, 3.8) is 0 Å². The molecule has 1 aromatic rings. The fourth-order valence-corrected chi connectivity index (χ4v) is 3.97. The molecule has 0 saturated carbocycles. The molecule has 1 saturated heterocycles. The van der Waals surface area contributed by atoms with Gasteiger partial charge in [0.15, 0.2) is 0 Å². The van der Waals surface area contributed by atoms with E-state index in [1.165, 1.54) is 13.2 Å². The SMILES string of the molecule is COc1c(C)cc(C)cc1S(=O)(=O)NC(=O)[C@@H]1CCCOC1. The standard InChI is InChI=1S/C15H21NO5S/c1-10-7-11(2)14(20-3)13(8-10)22(18,19)16-15(17)12-5-4-6-21-9-12/h7-8,12H,4-6,9H2,1-3H3,(H,16,17)/t12-/m1/s1. The molecule has 0 spiro atoms. The lowest BCUT2D eigenvalue weighted by Crippen LogP contribution is -2.39. The number of aryl methyl sites for hydroxylation is 2. The maximum atomic E-state index is 12.5. The van der Waals surface area contributed by atoms with Gasteiger partial charge in [0.25, 0.3) is 10.0 Å². The first-order valence-corrected chi connectivity index (χ1v) is 8.63. The molecule has 22 heavy (non-hydrogen) atoms. The number of hydrogen-bond acceptors (Lipinski definition) is 5. The van der Waals surface area contributed by atoms with Gasteiger partial charge in [-0.2, -0.15) is 0 Å². The second-order valence-electron chi connectivity index (χ2n) is 5.50. The minimum Gasteiger partial charge on any atom is -0.495 e. The summed E-state index contributed by atoms with van der Waals surface area (Å²) >= 11 is 0. The fourth-order valence-electron chi connectivity index (χ4n) is 2.59. The van der Waals surface area contributed by atoms with Gasteiger partial charge in [0.1, 0.15) is 10.6 Å². The van der Waals surface area contributed by atoms with Gasteiger partial charge < -0.3 is 9.47 Å². The molecule has 1 aromatic carbocycles. The van der Waals surface area contributed by atoms with Crippen LogP contribution in [0.25, 0.3) is 0 Å². The van der Waals surface area contributed by atoms with Crippen LogP contribution in [0.2, 0.25) is 0 Å². The molecule has 1 amide bonds. The molecule has 6 nitrogen and oxygen atoms in total. The van der Waals surface area contributed by atoms with Gasteiger partial charge in [0.2, 0.25) is 5.91 Å². The van der Waals surface area contributed by atoms with Crippen LogP contribution >= 0.6 is 0 Å². The predicted octanol–water partition coefficient (Wildman–Crippen LogP) is 1.54. The molecule has 2 rings (SSSR count). The normalized spacial score (nSPS) is 18.8. The van der Waals surface area contributed by atoms with Gasteiger partial charge in [0, 0.05) is 6.61 Å². The predicted molar refractivity (Wildman–Crippen MR) is 81.3 cm³/mol. The lowest BCUT2D eigenvalue weighted by Gasteiger charge is -2.21. The lowest BCUT2D eigenvalue weighted by atomic mass is 10.0. The minimum atomic E-state index is -3.98. The van der Waals surface area contributed by atoms with E-state index in [9.17, 15) is 13.2 Å². The molecule has 7 heteroatoms. The molecule has 1 aliphatic rings. The van der Waals surface area contributed by atoms with Gasteiger partial charge in [-0.15, -0.1) is 0 Å². The first-order valence-electron chi connectivity index (χ1n) is 7.15. The van der Waals surface area contributed by atoms with Crippen LogP contribution in [-0.2, 0) is 19.6 Å². The van der Waals surface area contributed by atoms with Crippen LogP contribution in [0.1, 0.15) is 24.0 Å². The average molecular weight is 327 g/mol. The molecule has 1 atom stereocenters. The van der Waals surface area contributed by atoms with E-state index in [-0.39, 0.29) is 17.3 Å². The van der Waals surface area contributed by atoms with E-state index >= 15 is 0 Å². The van der Waals surface area contributed by atoms with Crippen molar-refractivity contribution in [1.29, 1.82) is 0 Å². The molecule has 0 bridgehead atoms. The summed E-state index contributed by atoms with van der Waals surface area (Å²) in [6.07, 6.45) is 1.39. The van der Waals surface area contributed by atoms with Gasteiger partial charge in [-0.05, 0) is 43.9 Å². The highest BCUT2D eigenvalue weighted by atomic mass is 32.2. The van der Waals surface area contributed by atoms with Gasteiger partial charge in [-0.1, -0.05) is 6.07 Å². The zero-order valence-corrected chi connectivity index (χ0v) is 13.8. The van der Waals surface area contributed by atoms with Gasteiger partial charge in [0.05, 0.1) is 19.6 Å². The van der Waals surface area contributed by atoms with Crippen LogP contribution in [0.3, 0.4) is 0 Å². The van der Waals surface area contributed by atoms with Crippen molar-refractivity contribution < 1.29 is 22.7 Å². The minimum absolute atomic E-state index is 0.0161. The van der Waals surface area contributed by atoms with E-state index in [2.05, 4.69) is 4.72 Å². The molecule has 0 unspecified atom stereocenters. The van der Waals surface area contributed by atoms with E-state index in [1.54, 1.807) is 13.8 Å². The van der Waals surface area contributed by atoms with Gasteiger partial charge >= 0.3 is 0 Å². The van der Waals surface area contributed by atoms with Gasteiger partial charge in [-0.25, -0.2) is 13.1 Å².